The summed E-state index contributed by atoms with van der Waals surface area (Å²) in [4.78, 5) is 15.5. The molecule has 1 atom stereocenters. The molecule has 32 heavy (non-hydrogen) atoms. The van der Waals surface area contributed by atoms with Crippen molar-refractivity contribution in [3.63, 3.8) is 0 Å². The first-order valence-electron chi connectivity index (χ1n) is 10.9. The molecule has 4 aromatic rings. The lowest BCUT2D eigenvalue weighted by Crippen LogP contribution is -2.37. The number of hydrogen-bond donors (Lipinski definition) is 2. The van der Waals surface area contributed by atoms with Gasteiger partial charge in [0, 0.05) is 30.3 Å². The van der Waals surface area contributed by atoms with Gasteiger partial charge in [0.25, 0.3) is 0 Å². The quantitative estimate of drug-likeness (QED) is 0.431. The number of aromatic nitrogens is 3. The van der Waals surface area contributed by atoms with Gasteiger partial charge >= 0.3 is 0 Å². The van der Waals surface area contributed by atoms with E-state index in [1.807, 2.05) is 48.5 Å². The highest BCUT2D eigenvalue weighted by Gasteiger charge is 2.24. The average Bonchev–Trinajstić information content (AvgIpc) is 3.26. The van der Waals surface area contributed by atoms with Crippen molar-refractivity contribution >= 4 is 28.5 Å². The highest BCUT2D eigenvalue weighted by atomic mass is 35.5. The molecule has 5 rings (SSSR count). The van der Waals surface area contributed by atoms with Crippen molar-refractivity contribution in [3.8, 4) is 17.1 Å². The molecule has 1 fully saturated rings. The Bertz CT molecular complexity index is 1210. The fourth-order valence-corrected chi connectivity index (χ4v) is 4.39. The number of aliphatic hydroxyl groups excluding tert-OH is 1. The molecule has 0 spiro atoms. The molecule has 0 bridgehead atoms. The van der Waals surface area contributed by atoms with Gasteiger partial charge in [-0.05, 0) is 43.0 Å². The van der Waals surface area contributed by atoms with E-state index < -0.39 is 0 Å². The second kappa shape index (κ2) is 9.18. The van der Waals surface area contributed by atoms with Crippen LogP contribution in [0.4, 0.5) is 5.82 Å². The molecule has 0 radical (unpaired) electrons. The van der Waals surface area contributed by atoms with Crippen LogP contribution in [0.3, 0.4) is 0 Å². The van der Waals surface area contributed by atoms with Crippen LogP contribution in [0.15, 0.2) is 60.7 Å². The van der Waals surface area contributed by atoms with Crippen molar-refractivity contribution < 1.29 is 9.84 Å². The molecule has 6 nitrogen and oxygen atoms in total. The second-order valence-electron chi connectivity index (χ2n) is 8.18. The number of aliphatic hydroxyl groups is 1. The minimum absolute atomic E-state index is 0.197. The molecule has 1 saturated heterocycles. The van der Waals surface area contributed by atoms with Crippen molar-refractivity contribution in [2.24, 2.45) is 5.92 Å². The summed E-state index contributed by atoms with van der Waals surface area (Å²) in [6, 6.07) is 19.4. The summed E-state index contributed by atoms with van der Waals surface area (Å²) in [6.45, 7) is 2.27. The van der Waals surface area contributed by atoms with E-state index >= 15 is 0 Å². The van der Waals surface area contributed by atoms with Gasteiger partial charge in [-0.2, -0.15) is 0 Å². The number of nitrogens with one attached hydrogen (secondary N) is 1. The number of halogens is 1. The minimum atomic E-state index is 0.197. The van der Waals surface area contributed by atoms with Gasteiger partial charge in [0.15, 0.2) is 5.82 Å². The number of rotatable bonds is 6. The summed E-state index contributed by atoms with van der Waals surface area (Å²) in [6.07, 6.45) is 2.07. The van der Waals surface area contributed by atoms with Gasteiger partial charge in [-0.25, -0.2) is 9.97 Å². The third-order valence-corrected chi connectivity index (χ3v) is 6.06. The fourth-order valence-electron chi connectivity index (χ4n) is 4.21. The Morgan fingerprint density at radius 3 is 2.78 bits per heavy atom. The van der Waals surface area contributed by atoms with Crippen LogP contribution >= 0.6 is 11.6 Å². The zero-order chi connectivity index (χ0) is 21.9. The summed E-state index contributed by atoms with van der Waals surface area (Å²) in [5, 5.41) is 11.3. The van der Waals surface area contributed by atoms with Gasteiger partial charge in [-0.15, -0.1) is 0 Å². The van der Waals surface area contributed by atoms with Crippen LogP contribution in [0.1, 0.15) is 18.5 Å². The van der Waals surface area contributed by atoms with Crippen molar-refractivity contribution in [2.45, 2.75) is 19.4 Å². The topological polar surface area (TPSA) is 74.3 Å². The van der Waals surface area contributed by atoms with E-state index in [4.69, 9.17) is 26.3 Å². The fraction of sp³-hybridized carbons (Fsp3) is 0.280. The molecule has 2 aromatic heterocycles. The van der Waals surface area contributed by atoms with Gasteiger partial charge in [0.1, 0.15) is 23.8 Å². The van der Waals surface area contributed by atoms with E-state index in [0.29, 0.717) is 23.2 Å². The van der Waals surface area contributed by atoms with Crippen molar-refractivity contribution in [1.82, 2.24) is 15.0 Å². The molecule has 1 aliphatic rings. The molecule has 7 heteroatoms. The third-order valence-electron chi connectivity index (χ3n) is 5.82. The zero-order valence-corrected chi connectivity index (χ0v) is 18.4. The van der Waals surface area contributed by atoms with E-state index in [1.165, 1.54) is 0 Å². The largest absolute Gasteiger partial charge is 0.487 e. The van der Waals surface area contributed by atoms with Crippen LogP contribution in [-0.2, 0) is 6.61 Å². The normalized spacial score (nSPS) is 16.4. The lowest BCUT2D eigenvalue weighted by atomic mass is 9.99. The highest BCUT2D eigenvalue weighted by Crippen LogP contribution is 2.31. The highest BCUT2D eigenvalue weighted by molar-refractivity contribution is 6.30. The number of hydrogen-bond acceptors (Lipinski definition) is 5. The lowest BCUT2D eigenvalue weighted by Gasteiger charge is -2.33. The molecule has 3 heterocycles. The number of anilines is 1. The molecule has 0 aliphatic carbocycles. The van der Waals surface area contributed by atoms with Gasteiger partial charge in [0.05, 0.1) is 11.1 Å². The van der Waals surface area contributed by atoms with Gasteiger partial charge in [0.2, 0.25) is 0 Å². The molecule has 2 N–H and O–H groups in total. The molecule has 0 amide bonds. The summed E-state index contributed by atoms with van der Waals surface area (Å²) in [7, 11) is 0. The SMILES string of the molecule is OC[C@@H]1CCCN(c2nc(-c3ccccc3)nc3[nH]c(COc4cccc(Cl)c4)cc23)C1. The van der Waals surface area contributed by atoms with Crippen LogP contribution < -0.4 is 9.64 Å². The number of fused-ring (bicyclic) bond motifs is 1. The first kappa shape index (κ1) is 20.8. The number of aromatic amines is 1. The van der Waals surface area contributed by atoms with Crippen molar-refractivity contribution in [1.29, 1.82) is 0 Å². The van der Waals surface area contributed by atoms with Crippen LogP contribution in [0, 0.1) is 5.92 Å². The monoisotopic (exact) mass is 448 g/mol. The Morgan fingerprint density at radius 1 is 1.09 bits per heavy atom. The van der Waals surface area contributed by atoms with Crippen LogP contribution in [0.5, 0.6) is 5.75 Å². The maximum Gasteiger partial charge on any atom is 0.163 e. The molecule has 164 valence electrons. The summed E-state index contributed by atoms with van der Waals surface area (Å²) in [5.41, 5.74) is 2.67. The predicted octanol–water partition coefficient (Wildman–Crippen LogP) is 5.07. The summed E-state index contributed by atoms with van der Waals surface area (Å²) in [5.74, 6) is 2.56. The van der Waals surface area contributed by atoms with E-state index in [-0.39, 0.29) is 12.5 Å². The summed E-state index contributed by atoms with van der Waals surface area (Å²) < 4.78 is 5.93. The average molecular weight is 449 g/mol. The molecule has 1 aliphatic heterocycles. The smallest absolute Gasteiger partial charge is 0.163 e. The second-order valence-corrected chi connectivity index (χ2v) is 8.61. The number of nitrogens with zero attached hydrogens (tertiary/aromatic N) is 3. The predicted molar refractivity (Wildman–Crippen MR) is 127 cm³/mol. The van der Waals surface area contributed by atoms with Gasteiger partial charge in [-0.1, -0.05) is 48.0 Å². The number of benzene rings is 2. The maximum absolute atomic E-state index is 9.71. The molecule has 2 aromatic carbocycles. The Morgan fingerprint density at radius 2 is 1.97 bits per heavy atom. The minimum Gasteiger partial charge on any atom is -0.487 e. The van der Waals surface area contributed by atoms with Crippen molar-refractivity contribution in [3.05, 3.63) is 71.4 Å². The first-order chi connectivity index (χ1) is 15.7. The molecular weight excluding hydrogens is 424 g/mol. The lowest BCUT2D eigenvalue weighted by molar-refractivity contribution is 0.208. The number of piperidine rings is 1. The van der Waals surface area contributed by atoms with Crippen LogP contribution in [0.25, 0.3) is 22.4 Å². The number of H-pyrrole nitrogens is 1. The summed E-state index contributed by atoms with van der Waals surface area (Å²) >= 11 is 6.07. The van der Waals surface area contributed by atoms with Gasteiger partial charge in [-0.3, -0.25) is 0 Å². The Kier molecular flexibility index (Phi) is 5.97. The van der Waals surface area contributed by atoms with E-state index in [0.717, 1.165) is 54.0 Å². The number of ether oxygens (including phenoxy) is 1. The molecule has 0 saturated carbocycles. The zero-order valence-electron chi connectivity index (χ0n) is 17.7. The maximum atomic E-state index is 9.71. The Hall–Kier alpha value is -3.09. The molecular formula is C25H25ClN4O2. The van der Waals surface area contributed by atoms with E-state index in [2.05, 4.69) is 16.0 Å². The van der Waals surface area contributed by atoms with Crippen LogP contribution in [-0.4, -0.2) is 39.8 Å². The van der Waals surface area contributed by atoms with Gasteiger partial charge < -0.3 is 19.7 Å². The third kappa shape index (κ3) is 4.42. The Balaban J connectivity index is 1.51. The Labute approximate surface area is 191 Å². The van der Waals surface area contributed by atoms with Crippen molar-refractivity contribution in [2.75, 3.05) is 24.6 Å². The van der Waals surface area contributed by atoms with E-state index in [9.17, 15) is 5.11 Å². The van der Waals surface area contributed by atoms with E-state index in [1.54, 1.807) is 6.07 Å². The van der Waals surface area contributed by atoms with Crippen LogP contribution in [0.2, 0.25) is 5.02 Å². The first-order valence-corrected chi connectivity index (χ1v) is 11.3. The standard InChI is InChI=1S/C25H25ClN4O2/c26-19-9-4-10-21(12-19)32-16-20-13-22-24(27-20)28-23(18-7-2-1-3-8-18)29-25(22)30-11-5-6-17(14-30)15-31/h1-4,7-10,12-13,17,31H,5-6,11,14-16H2,(H,27,28,29)/t17-/m1/s1. The molecule has 0 unspecified atom stereocenters.